The van der Waals surface area contributed by atoms with Gasteiger partial charge in [0.2, 0.25) is 5.91 Å². The van der Waals surface area contributed by atoms with Gasteiger partial charge in [-0.05, 0) is 53.6 Å². The first kappa shape index (κ1) is 22.4. The van der Waals surface area contributed by atoms with Crippen molar-refractivity contribution < 1.29 is 4.79 Å². The second-order valence-corrected chi connectivity index (χ2v) is 6.80. The van der Waals surface area contributed by atoms with E-state index in [0.29, 0.717) is 6.04 Å². The molecule has 1 saturated heterocycles. The van der Waals surface area contributed by atoms with Gasteiger partial charge in [-0.15, -0.1) is 24.0 Å². The lowest BCUT2D eigenvalue weighted by Gasteiger charge is -2.24. The molecular weight excluding hydrogens is 405 g/mol. The fourth-order valence-corrected chi connectivity index (χ4v) is 2.71. The minimum atomic E-state index is -0.218. The van der Waals surface area contributed by atoms with Crippen molar-refractivity contribution in [2.45, 2.75) is 59.0 Å². The van der Waals surface area contributed by atoms with Gasteiger partial charge in [0.1, 0.15) is 6.54 Å². The molecule has 0 aromatic carbocycles. The van der Waals surface area contributed by atoms with Crippen molar-refractivity contribution in [1.29, 1.82) is 0 Å². The Morgan fingerprint density at radius 2 is 1.96 bits per heavy atom. The molecule has 0 saturated carbocycles. The van der Waals surface area contributed by atoms with E-state index in [1.54, 1.807) is 0 Å². The predicted molar refractivity (Wildman–Crippen MR) is 108 cm³/mol. The summed E-state index contributed by atoms with van der Waals surface area (Å²) in [6.07, 6.45) is 2.49. The number of halogens is 1. The Labute approximate surface area is 158 Å². The van der Waals surface area contributed by atoms with Gasteiger partial charge in [-0.2, -0.15) is 0 Å². The lowest BCUT2D eigenvalue weighted by atomic mass is 10.1. The molecule has 136 valence electrons. The summed E-state index contributed by atoms with van der Waals surface area (Å²) in [5.41, 5.74) is -0.218. The minimum absolute atomic E-state index is 0. The van der Waals surface area contributed by atoms with E-state index in [1.165, 1.54) is 19.4 Å². The topological polar surface area (TPSA) is 68.8 Å². The van der Waals surface area contributed by atoms with Gasteiger partial charge in [-0.3, -0.25) is 9.69 Å². The summed E-state index contributed by atoms with van der Waals surface area (Å²) < 4.78 is 0. The number of likely N-dealkylation sites (tertiary alicyclic amines) is 1. The summed E-state index contributed by atoms with van der Waals surface area (Å²) in [4.78, 5) is 18.7. The van der Waals surface area contributed by atoms with Gasteiger partial charge in [-0.1, -0.05) is 6.92 Å². The number of nitrogens with one attached hydrogen (secondary N) is 3. The maximum Gasteiger partial charge on any atom is 0.242 e. The van der Waals surface area contributed by atoms with E-state index >= 15 is 0 Å². The van der Waals surface area contributed by atoms with E-state index < -0.39 is 0 Å². The maximum atomic E-state index is 11.8. The summed E-state index contributed by atoms with van der Waals surface area (Å²) in [5.74, 6) is 0.662. The van der Waals surface area contributed by atoms with Crippen molar-refractivity contribution in [1.82, 2.24) is 20.9 Å². The third kappa shape index (κ3) is 9.34. The van der Waals surface area contributed by atoms with E-state index in [2.05, 4.69) is 32.8 Å². The second kappa shape index (κ2) is 11.1. The Kier molecular flexibility index (Phi) is 10.8. The van der Waals surface area contributed by atoms with Gasteiger partial charge in [0, 0.05) is 24.7 Å². The average molecular weight is 439 g/mol. The zero-order chi connectivity index (χ0) is 16.6. The largest absolute Gasteiger partial charge is 0.357 e. The molecule has 1 fully saturated rings. The number of hydrogen-bond donors (Lipinski definition) is 3. The van der Waals surface area contributed by atoms with Crippen molar-refractivity contribution in [3.05, 3.63) is 0 Å². The highest BCUT2D eigenvalue weighted by Gasteiger charge is 2.22. The molecule has 0 spiro atoms. The van der Waals surface area contributed by atoms with Gasteiger partial charge < -0.3 is 16.0 Å². The number of likely N-dealkylation sites (N-methyl/N-ethyl adjacent to an activating group) is 1. The van der Waals surface area contributed by atoms with E-state index in [0.717, 1.165) is 25.6 Å². The van der Waals surface area contributed by atoms with Crippen LogP contribution >= 0.6 is 24.0 Å². The number of aliphatic imine (C=N–C) groups is 1. The molecule has 7 heteroatoms. The molecule has 1 aliphatic rings. The molecule has 1 atom stereocenters. The number of hydrogen-bond acceptors (Lipinski definition) is 3. The summed E-state index contributed by atoms with van der Waals surface area (Å²) in [7, 11) is 0. The summed E-state index contributed by atoms with van der Waals surface area (Å²) in [6, 6.07) is 0.567. The molecule has 1 unspecified atom stereocenters. The van der Waals surface area contributed by atoms with Crippen LogP contribution in [-0.4, -0.2) is 61.1 Å². The van der Waals surface area contributed by atoms with Crippen LogP contribution < -0.4 is 16.0 Å². The number of amides is 1. The highest BCUT2D eigenvalue weighted by molar-refractivity contribution is 14.0. The van der Waals surface area contributed by atoms with Crippen molar-refractivity contribution in [2.75, 3.05) is 32.7 Å². The van der Waals surface area contributed by atoms with Gasteiger partial charge in [0.05, 0.1) is 0 Å². The lowest BCUT2D eigenvalue weighted by molar-refractivity contribution is -0.121. The van der Waals surface area contributed by atoms with Crippen LogP contribution in [0.1, 0.15) is 47.5 Å². The molecule has 0 bridgehead atoms. The Bertz CT molecular complexity index is 381. The van der Waals surface area contributed by atoms with Crippen LogP contribution in [0.4, 0.5) is 0 Å². The van der Waals surface area contributed by atoms with Crippen LogP contribution in [0.3, 0.4) is 0 Å². The molecule has 3 N–H and O–H groups in total. The van der Waals surface area contributed by atoms with Gasteiger partial charge in [-0.25, -0.2) is 4.99 Å². The van der Waals surface area contributed by atoms with Gasteiger partial charge in [0.25, 0.3) is 0 Å². The fraction of sp³-hybridized carbons (Fsp3) is 0.875. The highest BCUT2D eigenvalue weighted by atomic mass is 127. The molecule has 23 heavy (non-hydrogen) atoms. The summed E-state index contributed by atoms with van der Waals surface area (Å²) in [5, 5.41) is 9.48. The van der Waals surface area contributed by atoms with Gasteiger partial charge in [0.15, 0.2) is 5.96 Å². The average Bonchev–Trinajstić information content (AvgIpc) is 2.87. The molecule has 1 heterocycles. The molecule has 0 radical (unpaired) electrons. The Morgan fingerprint density at radius 3 is 2.52 bits per heavy atom. The molecule has 1 amide bonds. The first-order valence-corrected chi connectivity index (χ1v) is 8.43. The van der Waals surface area contributed by atoms with E-state index in [9.17, 15) is 4.79 Å². The lowest BCUT2D eigenvalue weighted by Crippen LogP contribution is -2.46. The number of rotatable bonds is 6. The van der Waals surface area contributed by atoms with E-state index in [4.69, 9.17) is 0 Å². The smallest absolute Gasteiger partial charge is 0.242 e. The van der Waals surface area contributed by atoms with Gasteiger partial charge >= 0.3 is 0 Å². The zero-order valence-electron chi connectivity index (χ0n) is 15.2. The Morgan fingerprint density at radius 1 is 1.26 bits per heavy atom. The number of carbonyl (C=O) groups excluding carboxylic acids is 1. The van der Waals surface area contributed by atoms with Crippen LogP contribution in [0.2, 0.25) is 0 Å². The molecule has 0 aliphatic carbocycles. The van der Waals surface area contributed by atoms with Crippen LogP contribution in [0.5, 0.6) is 0 Å². The molecule has 1 aliphatic heterocycles. The molecular formula is C16H34IN5O. The number of guanidine groups is 1. The standard InChI is InChI=1S/C16H33N5O.HI/c1-6-17-15(19-12-14(22)20-16(3,4)5)18-11-13-9-8-10-21(13)7-2;/h13H,6-12H2,1-5H3,(H,20,22)(H2,17,18,19);1H. The number of nitrogens with zero attached hydrogens (tertiary/aromatic N) is 2. The van der Waals surface area contributed by atoms with Crippen molar-refractivity contribution in [2.24, 2.45) is 4.99 Å². The molecule has 0 aromatic rings. The molecule has 0 aromatic heterocycles. The zero-order valence-corrected chi connectivity index (χ0v) is 17.6. The van der Waals surface area contributed by atoms with Crippen LogP contribution in [0, 0.1) is 0 Å². The fourth-order valence-electron chi connectivity index (χ4n) is 2.71. The van der Waals surface area contributed by atoms with E-state index in [1.807, 2.05) is 27.7 Å². The van der Waals surface area contributed by atoms with Crippen molar-refractivity contribution >= 4 is 35.8 Å². The number of carbonyl (C=O) groups is 1. The maximum absolute atomic E-state index is 11.8. The predicted octanol–water partition coefficient (Wildman–Crippen LogP) is 1.56. The second-order valence-electron chi connectivity index (χ2n) is 6.80. The highest BCUT2D eigenvalue weighted by Crippen LogP contribution is 2.15. The van der Waals surface area contributed by atoms with Crippen LogP contribution in [-0.2, 0) is 4.79 Å². The van der Waals surface area contributed by atoms with Crippen LogP contribution in [0.15, 0.2) is 4.99 Å². The third-order valence-electron chi connectivity index (χ3n) is 3.65. The quantitative estimate of drug-likeness (QED) is 0.334. The first-order chi connectivity index (χ1) is 10.4. The Balaban J connectivity index is 0.00000484. The van der Waals surface area contributed by atoms with Crippen molar-refractivity contribution in [3.63, 3.8) is 0 Å². The third-order valence-corrected chi connectivity index (χ3v) is 3.65. The SMILES string of the molecule is CCNC(=NCC(=O)NC(C)(C)C)NCC1CCCN1CC.I. The first-order valence-electron chi connectivity index (χ1n) is 8.43. The van der Waals surface area contributed by atoms with Crippen molar-refractivity contribution in [3.8, 4) is 0 Å². The normalized spacial score (nSPS) is 19.2. The van der Waals surface area contributed by atoms with Crippen LogP contribution in [0.25, 0.3) is 0 Å². The Hall–Kier alpha value is -0.570. The summed E-state index contributed by atoms with van der Waals surface area (Å²) in [6.45, 7) is 14.2. The van der Waals surface area contributed by atoms with E-state index in [-0.39, 0.29) is 42.0 Å². The minimum Gasteiger partial charge on any atom is -0.357 e. The molecule has 6 nitrogen and oxygen atoms in total. The monoisotopic (exact) mass is 439 g/mol. The molecule has 1 rings (SSSR count). The summed E-state index contributed by atoms with van der Waals surface area (Å²) >= 11 is 0.